The molecule has 1 saturated carbocycles. The molecule has 1 spiro atoms. The zero-order valence-corrected chi connectivity index (χ0v) is 12.3. The van der Waals surface area contributed by atoms with Crippen LogP contribution in [0.4, 0.5) is 0 Å². The summed E-state index contributed by atoms with van der Waals surface area (Å²) in [4.78, 5) is 0. The molecule has 2 atom stereocenters. The molecule has 0 radical (unpaired) electrons. The van der Waals surface area contributed by atoms with E-state index in [4.69, 9.17) is 15.3 Å². The van der Waals surface area contributed by atoms with Crippen LogP contribution in [0, 0.1) is 5.92 Å². The van der Waals surface area contributed by atoms with Crippen LogP contribution >= 0.6 is 0 Å². The Morgan fingerprint density at radius 2 is 2.16 bits per heavy atom. The SMILES string of the molecule is CCOCCC(NN)C1CCOC2(CCCCC2)C1. The topological polar surface area (TPSA) is 56.5 Å². The predicted octanol–water partition coefficient (Wildman–Crippen LogP) is 2.37. The van der Waals surface area contributed by atoms with Gasteiger partial charge in [0.15, 0.2) is 0 Å². The van der Waals surface area contributed by atoms with Crippen LogP contribution in [0.25, 0.3) is 0 Å². The molecule has 0 aromatic carbocycles. The quantitative estimate of drug-likeness (QED) is 0.442. The minimum atomic E-state index is 0.169. The molecule has 0 aromatic heterocycles. The zero-order valence-electron chi connectivity index (χ0n) is 12.3. The van der Waals surface area contributed by atoms with E-state index in [1.807, 2.05) is 6.92 Å². The monoisotopic (exact) mass is 270 g/mol. The summed E-state index contributed by atoms with van der Waals surface area (Å²) in [6.07, 6.45) is 9.82. The molecular formula is C15H30N2O2. The van der Waals surface area contributed by atoms with E-state index in [0.29, 0.717) is 12.0 Å². The minimum Gasteiger partial charge on any atom is -0.382 e. The van der Waals surface area contributed by atoms with Gasteiger partial charge < -0.3 is 9.47 Å². The van der Waals surface area contributed by atoms with Gasteiger partial charge in [0, 0.05) is 25.9 Å². The van der Waals surface area contributed by atoms with Crippen molar-refractivity contribution in [3.63, 3.8) is 0 Å². The summed E-state index contributed by atoms with van der Waals surface area (Å²) in [5.74, 6) is 6.39. The van der Waals surface area contributed by atoms with Crippen molar-refractivity contribution >= 4 is 0 Å². The van der Waals surface area contributed by atoms with Crippen LogP contribution in [0.15, 0.2) is 0 Å². The standard InChI is InChI=1S/C15H30N2O2/c1-2-18-10-7-14(17-16)13-6-11-19-15(12-13)8-4-3-5-9-15/h13-14,17H,2-12,16H2,1H3. The predicted molar refractivity (Wildman–Crippen MR) is 76.7 cm³/mol. The van der Waals surface area contributed by atoms with E-state index in [1.165, 1.54) is 38.5 Å². The number of hydrazine groups is 1. The third-order valence-electron chi connectivity index (χ3n) is 4.86. The molecular weight excluding hydrogens is 240 g/mol. The Balaban J connectivity index is 1.87. The van der Waals surface area contributed by atoms with Crippen molar-refractivity contribution in [1.29, 1.82) is 0 Å². The molecule has 1 saturated heterocycles. The molecule has 2 fully saturated rings. The van der Waals surface area contributed by atoms with E-state index in [9.17, 15) is 0 Å². The highest BCUT2D eigenvalue weighted by Crippen LogP contribution is 2.41. The Labute approximate surface area is 117 Å². The first-order chi connectivity index (χ1) is 9.29. The fourth-order valence-corrected chi connectivity index (χ4v) is 3.76. The molecule has 2 unspecified atom stereocenters. The summed E-state index contributed by atoms with van der Waals surface area (Å²) in [6.45, 7) is 4.53. The summed E-state index contributed by atoms with van der Waals surface area (Å²) in [5.41, 5.74) is 3.19. The zero-order chi connectivity index (χ0) is 13.6. The molecule has 0 amide bonds. The fraction of sp³-hybridized carbons (Fsp3) is 1.00. The summed E-state index contributed by atoms with van der Waals surface area (Å²) in [5, 5.41) is 0. The molecule has 2 aliphatic rings. The van der Waals surface area contributed by atoms with Crippen molar-refractivity contribution < 1.29 is 9.47 Å². The van der Waals surface area contributed by atoms with Crippen molar-refractivity contribution in [2.45, 2.75) is 69.9 Å². The Hall–Kier alpha value is -0.160. The van der Waals surface area contributed by atoms with Crippen molar-refractivity contribution in [3.05, 3.63) is 0 Å². The van der Waals surface area contributed by atoms with E-state index < -0.39 is 0 Å². The normalized spacial score (nSPS) is 28.4. The number of rotatable bonds is 6. The molecule has 4 nitrogen and oxygen atoms in total. The first-order valence-corrected chi connectivity index (χ1v) is 7.97. The summed E-state index contributed by atoms with van der Waals surface area (Å²) in [6, 6.07) is 0.370. The molecule has 3 N–H and O–H groups in total. The molecule has 1 aliphatic heterocycles. The van der Waals surface area contributed by atoms with Gasteiger partial charge in [0.2, 0.25) is 0 Å². The summed E-state index contributed by atoms with van der Waals surface area (Å²) < 4.78 is 11.6. The molecule has 0 bridgehead atoms. The van der Waals surface area contributed by atoms with Gasteiger partial charge in [0.25, 0.3) is 0 Å². The highest BCUT2D eigenvalue weighted by atomic mass is 16.5. The highest BCUT2D eigenvalue weighted by molar-refractivity contribution is 4.92. The Morgan fingerprint density at radius 3 is 2.84 bits per heavy atom. The van der Waals surface area contributed by atoms with Crippen LogP contribution in [0.5, 0.6) is 0 Å². The molecule has 0 aromatic rings. The van der Waals surface area contributed by atoms with E-state index in [0.717, 1.165) is 32.7 Å². The third-order valence-corrected chi connectivity index (χ3v) is 4.86. The Kier molecular flexibility index (Phi) is 6.07. The van der Waals surface area contributed by atoms with Gasteiger partial charge in [0.05, 0.1) is 5.60 Å². The lowest BCUT2D eigenvalue weighted by Gasteiger charge is -2.45. The number of hydrogen-bond acceptors (Lipinski definition) is 4. The van der Waals surface area contributed by atoms with Crippen molar-refractivity contribution in [1.82, 2.24) is 5.43 Å². The van der Waals surface area contributed by atoms with Gasteiger partial charge in [-0.1, -0.05) is 19.3 Å². The average molecular weight is 270 g/mol. The fourth-order valence-electron chi connectivity index (χ4n) is 3.76. The minimum absolute atomic E-state index is 0.169. The molecule has 2 rings (SSSR count). The first-order valence-electron chi connectivity index (χ1n) is 7.97. The summed E-state index contributed by atoms with van der Waals surface area (Å²) >= 11 is 0. The highest BCUT2D eigenvalue weighted by Gasteiger charge is 2.40. The van der Waals surface area contributed by atoms with Gasteiger partial charge in [-0.05, 0) is 44.9 Å². The second kappa shape index (κ2) is 7.58. The van der Waals surface area contributed by atoms with Crippen molar-refractivity contribution in [2.24, 2.45) is 11.8 Å². The van der Waals surface area contributed by atoms with E-state index in [1.54, 1.807) is 0 Å². The smallest absolute Gasteiger partial charge is 0.0685 e. The van der Waals surface area contributed by atoms with Crippen molar-refractivity contribution in [3.8, 4) is 0 Å². The van der Waals surface area contributed by atoms with E-state index >= 15 is 0 Å². The number of ether oxygens (including phenoxy) is 2. The molecule has 4 heteroatoms. The summed E-state index contributed by atoms with van der Waals surface area (Å²) in [7, 11) is 0. The van der Waals surface area contributed by atoms with Gasteiger partial charge >= 0.3 is 0 Å². The molecule has 112 valence electrons. The van der Waals surface area contributed by atoms with Gasteiger partial charge in [-0.25, -0.2) is 0 Å². The van der Waals surface area contributed by atoms with Crippen LogP contribution in [-0.4, -0.2) is 31.5 Å². The van der Waals surface area contributed by atoms with Gasteiger partial charge in [0.1, 0.15) is 0 Å². The lowest BCUT2D eigenvalue weighted by atomic mass is 9.74. The van der Waals surface area contributed by atoms with Gasteiger partial charge in [-0.15, -0.1) is 0 Å². The maximum atomic E-state index is 6.16. The van der Waals surface area contributed by atoms with Gasteiger partial charge in [-0.2, -0.15) is 0 Å². The number of nitrogens with two attached hydrogens (primary N) is 1. The second-order valence-electron chi connectivity index (χ2n) is 6.10. The molecule has 19 heavy (non-hydrogen) atoms. The lowest BCUT2D eigenvalue weighted by Crippen LogP contribution is -2.49. The van der Waals surface area contributed by atoms with Crippen molar-refractivity contribution in [2.75, 3.05) is 19.8 Å². The van der Waals surface area contributed by atoms with E-state index in [2.05, 4.69) is 5.43 Å². The van der Waals surface area contributed by atoms with Gasteiger partial charge in [-0.3, -0.25) is 11.3 Å². The first kappa shape index (κ1) is 15.2. The van der Waals surface area contributed by atoms with Crippen LogP contribution in [-0.2, 0) is 9.47 Å². The van der Waals surface area contributed by atoms with Crippen LogP contribution < -0.4 is 11.3 Å². The Morgan fingerprint density at radius 1 is 1.37 bits per heavy atom. The van der Waals surface area contributed by atoms with E-state index in [-0.39, 0.29) is 5.60 Å². The maximum absolute atomic E-state index is 6.16. The third kappa shape index (κ3) is 4.15. The molecule has 1 aliphatic carbocycles. The van der Waals surface area contributed by atoms with Crippen LogP contribution in [0.1, 0.15) is 58.3 Å². The lowest BCUT2D eigenvalue weighted by molar-refractivity contribution is -0.122. The number of hydrogen-bond donors (Lipinski definition) is 2. The van der Waals surface area contributed by atoms with Crippen LogP contribution in [0.3, 0.4) is 0 Å². The second-order valence-corrected chi connectivity index (χ2v) is 6.10. The number of nitrogens with one attached hydrogen (secondary N) is 1. The maximum Gasteiger partial charge on any atom is 0.0685 e. The average Bonchev–Trinajstić information content (AvgIpc) is 2.44. The largest absolute Gasteiger partial charge is 0.382 e. The molecule has 1 heterocycles. The van der Waals surface area contributed by atoms with Crippen LogP contribution in [0.2, 0.25) is 0 Å². The Bertz CT molecular complexity index is 249.